The van der Waals surface area contributed by atoms with E-state index in [1.807, 2.05) is 19.9 Å². The summed E-state index contributed by atoms with van der Waals surface area (Å²) in [6.07, 6.45) is 5.21. The Morgan fingerprint density at radius 2 is 1.62 bits per heavy atom. The van der Waals surface area contributed by atoms with Gasteiger partial charge in [-0.15, -0.1) is 0 Å². The van der Waals surface area contributed by atoms with Gasteiger partial charge in [0.1, 0.15) is 23.7 Å². The minimum Gasteiger partial charge on any atom is -0.483 e. The Balaban J connectivity index is 1.19. The molecule has 4 heterocycles. The van der Waals surface area contributed by atoms with Gasteiger partial charge in [0.25, 0.3) is 0 Å². The third kappa shape index (κ3) is 8.74. The van der Waals surface area contributed by atoms with Crippen LogP contribution in [0, 0.1) is 5.92 Å². The number of ether oxygens (including phenoxy) is 4. The van der Waals surface area contributed by atoms with E-state index in [0.29, 0.717) is 47.1 Å². The maximum atomic E-state index is 14.7. The number of benzene rings is 4. The molecule has 4 aliphatic rings. The lowest BCUT2D eigenvalue weighted by molar-refractivity contribution is -0.188. The molecule has 9 nitrogen and oxygen atoms in total. The highest BCUT2D eigenvalue weighted by Crippen LogP contribution is 2.48. The molecule has 1 aromatic heterocycles. The predicted octanol–water partition coefficient (Wildman–Crippen LogP) is 9.38. The quantitative estimate of drug-likeness (QED) is 0.0428. The van der Waals surface area contributed by atoms with Crippen molar-refractivity contribution < 1.29 is 38.1 Å². The number of hydrogen-bond donors (Lipinski definition) is 1. The van der Waals surface area contributed by atoms with Gasteiger partial charge in [-0.1, -0.05) is 96.6 Å². The second-order valence-corrected chi connectivity index (χ2v) is 17.0. The van der Waals surface area contributed by atoms with Crippen molar-refractivity contribution in [2.75, 3.05) is 13.4 Å². The highest BCUT2D eigenvalue weighted by Gasteiger charge is 2.51. The molecular formula is C51H52O9. The number of rotatable bonds is 7. The first-order chi connectivity index (χ1) is 29.0. The number of hydrogen-bond acceptors (Lipinski definition) is 9. The average Bonchev–Trinajstić information content (AvgIpc) is 3.22. The Kier molecular flexibility index (Phi) is 11.9. The molecular weight excluding hydrogens is 757 g/mol. The van der Waals surface area contributed by atoms with Crippen LogP contribution in [0.5, 0.6) is 5.75 Å². The maximum Gasteiger partial charge on any atom is 0.339 e. The Labute approximate surface area is 350 Å². The van der Waals surface area contributed by atoms with Gasteiger partial charge in [-0.2, -0.15) is 0 Å². The van der Waals surface area contributed by atoms with Gasteiger partial charge in [-0.05, 0) is 105 Å². The van der Waals surface area contributed by atoms with Crippen LogP contribution < -0.4 is 10.4 Å². The summed E-state index contributed by atoms with van der Waals surface area (Å²) in [6, 6.07) is 32.9. The Morgan fingerprint density at radius 1 is 0.833 bits per heavy atom. The highest BCUT2D eigenvalue weighted by atomic mass is 16.6. The van der Waals surface area contributed by atoms with Crippen molar-refractivity contribution in [3.8, 4) is 5.75 Å². The van der Waals surface area contributed by atoms with E-state index in [4.69, 9.17) is 28.5 Å². The van der Waals surface area contributed by atoms with Crippen molar-refractivity contribution in [2.45, 2.75) is 95.9 Å². The molecule has 0 unspecified atom stereocenters. The first-order valence-electron chi connectivity index (χ1n) is 20.9. The van der Waals surface area contributed by atoms with E-state index < -0.39 is 42.2 Å². The van der Waals surface area contributed by atoms with Crippen LogP contribution in [-0.2, 0) is 43.1 Å². The van der Waals surface area contributed by atoms with Crippen LogP contribution in [0.15, 0.2) is 130 Å². The van der Waals surface area contributed by atoms with Gasteiger partial charge in [0.15, 0.2) is 12.2 Å². The molecule has 5 atom stereocenters. The highest BCUT2D eigenvalue weighted by molar-refractivity contribution is 5.90. The SMILES string of the molecule is CC(C)=C1CCc2ccc(cc2)[C@H]2C=C[C@@H](c3cccc(Cc4ccccc4)c3)C[C@H]2CC(=O)O[C@H]2c3c(ccc4cc(CCOCO)c(=O)oc34)OC(C)(C)[C@H]2OC1=O. The molecule has 0 radical (unpaired) electrons. The molecule has 9 rings (SSSR count). The number of carbonyl (C=O) groups excluding carboxylic acids is 2. The molecule has 0 amide bonds. The number of fused-ring (bicyclic) bond motifs is 11. The minimum absolute atomic E-state index is 0.0456. The number of aliphatic hydroxyl groups excluding tert-OH is 1. The topological polar surface area (TPSA) is 122 Å². The molecule has 4 aromatic carbocycles. The Hall–Kier alpha value is -5.77. The molecule has 9 heteroatoms. The summed E-state index contributed by atoms with van der Waals surface area (Å²) in [5.41, 5.74) is 6.37. The fourth-order valence-electron chi connectivity index (χ4n) is 9.08. The summed E-state index contributed by atoms with van der Waals surface area (Å²) >= 11 is 0. The second kappa shape index (κ2) is 17.4. The molecule has 0 saturated heterocycles. The molecule has 310 valence electrons. The van der Waals surface area contributed by atoms with Crippen molar-refractivity contribution in [3.05, 3.63) is 170 Å². The second-order valence-electron chi connectivity index (χ2n) is 17.0. The average molecular weight is 809 g/mol. The Morgan fingerprint density at radius 3 is 2.38 bits per heavy atom. The normalized spacial score (nSPS) is 22.6. The number of aryl methyl sites for hydroxylation is 1. The summed E-state index contributed by atoms with van der Waals surface area (Å²) in [4.78, 5) is 42.3. The standard InChI is InChI=1S/C51H52O9/c1-31(2)41-20-15-32-13-16-35(17-14-32)42-21-18-37(36-12-8-11-34(26-36)25-33-9-6-5-7-10-33)27-40(42)29-44(53)57-47-45-43(60-51(3,4)48(47)59-50(41)55)22-19-38-28-39(23-24-56-30-52)49(54)58-46(38)45/h5-14,16-19,21-22,26,28,37,40,42,47-48,52H,15,20,23-25,27,29-30H2,1-4H3/t37-,40+,42-,47+,48+/m1/s1. The largest absolute Gasteiger partial charge is 0.483 e. The number of esters is 2. The monoisotopic (exact) mass is 808 g/mol. The van der Waals surface area contributed by atoms with Crippen LogP contribution in [0.25, 0.3) is 11.0 Å². The summed E-state index contributed by atoms with van der Waals surface area (Å²) in [6.45, 7) is 7.05. The summed E-state index contributed by atoms with van der Waals surface area (Å²) in [7, 11) is 0. The van der Waals surface area contributed by atoms with Crippen molar-refractivity contribution >= 4 is 22.9 Å². The van der Waals surface area contributed by atoms with Crippen LogP contribution >= 0.6 is 0 Å². The van der Waals surface area contributed by atoms with E-state index in [-0.39, 0.29) is 42.8 Å². The zero-order valence-electron chi connectivity index (χ0n) is 34.6. The molecule has 0 spiro atoms. The van der Waals surface area contributed by atoms with E-state index in [9.17, 15) is 14.4 Å². The molecule has 0 saturated carbocycles. The van der Waals surface area contributed by atoms with Crippen LogP contribution in [0.4, 0.5) is 0 Å². The first-order valence-corrected chi connectivity index (χ1v) is 20.9. The van der Waals surface area contributed by atoms with Gasteiger partial charge in [0.2, 0.25) is 0 Å². The third-order valence-corrected chi connectivity index (χ3v) is 12.2. The van der Waals surface area contributed by atoms with Gasteiger partial charge < -0.3 is 28.5 Å². The predicted molar refractivity (Wildman–Crippen MR) is 229 cm³/mol. The van der Waals surface area contributed by atoms with E-state index in [1.54, 1.807) is 32.0 Å². The summed E-state index contributed by atoms with van der Waals surface area (Å²) in [5.74, 6) is -0.710. The van der Waals surface area contributed by atoms with Gasteiger partial charge in [-0.25, -0.2) is 9.59 Å². The molecule has 1 N–H and O–H groups in total. The minimum atomic E-state index is -1.16. The van der Waals surface area contributed by atoms with E-state index >= 15 is 0 Å². The number of allylic oxidation sites excluding steroid dienone is 3. The van der Waals surface area contributed by atoms with Crippen LogP contribution in [0.1, 0.15) is 104 Å². The molecule has 60 heavy (non-hydrogen) atoms. The summed E-state index contributed by atoms with van der Waals surface area (Å²) in [5, 5.41) is 9.69. The van der Waals surface area contributed by atoms with Gasteiger partial charge >= 0.3 is 17.6 Å². The fourth-order valence-corrected chi connectivity index (χ4v) is 9.08. The summed E-state index contributed by atoms with van der Waals surface area (Å²) < 4.78 is 30.6. The molecule has 1 aliphatic carbocycles. The van der Waals surface area contributed by atoms with E-state index in [0.717, 1.165) is 23.1 Å². The first kappa shape index (κ1) is 41.0. The van der Waals surface area contributed by atoms with Crippen molar-refractivity contribution in [1.82, 2.24) is 0 Å². The van der Waals surface area contributed by atoms with Gasteiger partial charge in [0, 0.05) is 41.2 Å². The molecule has 2 bridgehead atoms. The van der Waals surface area contributed by atoms with Gasteiger partial charge in [-0.3, -0.25) is 4.79 Å². The number of aliphatic hydroxyl groups is 1. The van der Waals surface area contributed by atoms with Crippen molar-refractivity contribution in [2.24, 2.45) is 5.92 Å². The van der Waals surface area contributed by atoms with Crippen LogP contribution in [0.3, 0.4) is 0 Å². The van der Waals surface area contributed by atoms with E-state index in [1.165, 1.54) is 16.7 Å². The maximum absolute atomic E-state index is 14.7. The van der Waals surface area contributed by atoms with Crippen molar-refractivity contribution in [3.63, 3.8) is 0 Å². The molecule has 5 aromatic rings. The zero-order valence-corrected chi connectivity index (χ0v) is 34.6. The Bertz CT molecular complexity index is 2490. The smallest absolute Gasteiger partial charge is 0.339 e. The fraction of sp³-hybridized carbons (Fsp3) is 0.353. The lowest BCUT2D eigenvalue weighted by atomic mass is 9.72. The lowest BCUT2D eigenvalue weighted by Crippen LogP contribution is -2.52. The number of carbonyl (C=O) groups is 2. The van der Waals surface area contributed by atoms with Crippen molar-refractivity contribution in [1.29, 1.82) is 0 Å². The molecule has 3 aliphatic heterocycles. The van der Waals surface area contributed by atoms with Crippen LogP contribution in [0.2, 0.25) is 0 Å². The zero-order chi connectivity index (χ0) is 42.0. The van der Waals surface area contributed by atoms with E-state index in [2.05, 4.69) is 84.9 Å². The van der Waals surface area contributed by atoms with Crippen LogP contribution in [-0.4, -0.2) is 42.1 Å². The molecule has 0 fully saturated rings. The lowest BCUT2D eigenvalue weighted by Gasteiger charge is -2.43. The van der Waals surface area contributed by atoms with Gasteiger partial charge in [0.05, 0.1) is 12.2 Å². The third-order valence-electron chi connectivity index (χ3n) is 12.2.